The maximum Gasteiger partial charge on any atom is 0.208 e. The first-order chi connectivity index (χ1) is 18.8. The normalized spacial score (nSPS) is 14.6. The molecule has 204 valence electrons. The monoisotopic (exact) mass is 526 g/mol. The van der Waals surface area contributed by atoms with Crippen molar-refractivity contribution in [2.45, 2.75) is 40.7 Å². The fourth-order valence-corrected chi connectivity index (χ4v) is 5.28. The molecule has 2 aromatic heterocycles. The third-order valence-corrected chi connectivity index (χ3v) is 7.59. The Labute approximate surface area is 230 Å². The van der Waals surface area contributed by atoms with Gasteiger partial charge in [-0.2, -0.15) is 0 Å². The first kappa shape index (κ1) is 26.8. The van der Waals surface area contributed by atoms with Crippen LogP contribution in [0.15, 0.2) is 48.7 Å². The Balaban J connectivity index is 1.31. The van der Waals surface area contributed by atoms with Gasteiger partial charge in [0.05, 0.1) is 16.7 Å². The number of piperazine rings is 1. The molecular formula is C31H38N6O2. The molecule has 0 amide bonds. The molecule has 8 nitrogen and oxygen atoms in total. The fourth-order valence-electron chi connectivity index (χ4n) is 5.28. The molecule has 4 aromatic rings. The molecular weight excluding hydrogens is 488 g/mol. The van der Waals surface area contributed by atoms with Gasteiger partial charge in [0.25, 0.3) is 0 Å². The maximum absolute atomic E-state index is 11.5. The van der Waals surface area contributed by atoms with Crippen LogP contribution in [-0.2, 0) is 24.8 Å². The second-order valence-electron chi connectivity index (χ2n) is 10.5. The SMILES string of the molecule is CCN1CCN(Cc2ccc(Nc3nc4ccc(Oc5ccnc(CC(C)=O)c5)c(C)c4n3C)cc2C)CC1. The van der Waals surface area contributed by atoms with Crippen molar-refractivity contribution in [3.8, 4) is 11.5 Å². The Kier molecular flexibility index (Phi) is 7.95. The van der Waals surface area contributed by atoms with E-state index in [0.29, 0.717) is 17.9 Å². The molecule has 0 aliphatic carbocycles. The predicted molar refractivity (Wildman–Crippen MR) is 156 cm³/mol. The van der Waals surface area contributed by atoms with Gasteiger partial charge in [0.15, 0.2) is 0 Å². The molecule has 39 heavy (non-hydrogen) atoms. The Hall–Kier alpha value is -3.75. The number of nitrogens with one attached hydrogen (secondary N) is 1. The van der Waals surface area contributed by atoms with Gasteiger partial charge in [-0.15, -0.1) is 0 Å². The summed E-state index contributed by atoms with van der Waals surface area (Å²) in [4.78, 5) is 25.7. The minimum Gasteiger partial charge on any atom is -0.457 e. The van der Waals surface area contributed by atoms with Gasteiger partial charge in [0.2, 0.25) is 5.95 Å². The lowest BCUT2D eigenvalue weighted by molar-refractivity contribution is -0.116. The van der Waals surface area contributed by atoms with Gasteiger partial charge in [-0.1, -0.05) is 13.0 Å². The quantitative estimate of drug-likeness (QED) is 0.313. The summed E-state index contributed by atoms with van der Waals surface area (Å²) >= 11 is 0. The number of carbonyl (C=O) groups is 1. The van der Waals surface area contributed by atoms with Crippen LogP contribution < -0.4 is 10.1 Å². The first-order valence-corrected chi connectivity index (χ1v) is 13.7. The highest BCUT2D eigenvalue weighted by Crippen LogP contribution is 2.33. The number of fused-ring (bicyclic) bond motifs is 1. The zero-order valence-corrected chi connectivity index (χ0v) is 23.6. The summed E-state index contributed by atoms with van der Waals surface area (Å²) in [6, 6.07) is 14.1. The first-order valence-electron chi connectivity index (χ1n) is 13.7. The van der Waals surface area contributed by atoms with Crippen LogP contribution in [0.4, 0.5) is 11.6 Å². The fraction of sp³-hybridized carbons (Fsp3) is 0.387. The zero-order chi connectivity index (χ0) is 27.5. The number of nitrogens with zero attached hydrogens (tertiary/aromatic N) is 5. The minimum absolute atomic E-state index is 0.0717. The lowest BCUT2D eigenvalue weighted by atomic mass is 10.1. The highest BCUT2D eigenvalue weighted by Gasteiger charge is 2.17. The number of anilines is 2. The molecule has 1 fully saturated rings. The largest absolute Gasteiger partial charge is 0.457 e. The average molecular weight is 527 g/mol. The van der Waals surface area contributed by atoms with E-state index < -0.39 is 0 Å². The highest BCUT2D eigenvalue weighted by atomic mass is 16.5. The van der Waals surface area contributed by atoms with E-state index in [4.69, 9.17) is 9.72 Å². The van der Waals surface area contributed by atoms with Crippen LogP contribution in [-0.4, -0.2) is 62.8 Å². The van der Waals surface area contributed by atoms with E-state index >= 15 is 0 Å². The van der Waals surface area contributed by atoms with Crippen LogP contribution in [0.1, 0.15) is 36.2 Å². The summed E-state index contributed by atoms with van der Waals surface area (Å²) in [5.41, 5.74) is 7.28. The van der Waals surface area contributed by atoms with Crippen molar-refractivity contribution in [2.24, 2.45) is 7.05 Å². The van der Waals surface area contributed by atoms with Gasteiger partial charge in [-0.25, -0.2) is 4.98 Å². The second kappa shape index (κ2) is 11.6. The van der Waals surface area contributed by atoms with Crippen LogP contribution >= 0.6 is 0 Å². The lowest BCUT2D eigenvalue weighted by Crippen LogP contribution is -2.45. The molecule has 2 aromatic carbocycles. The number of carbonyl (C=O) groups excluding carboxylic acids is 1. The van der Waals surface area contributed by atoms with Crippen LogP contribution in [0.3, 0.4) is 0 Å². The molecule has 0 radical (unpaired) electrons. The number of ether oxygens (including phenoxy) is 1. The molecule has 0 saturated carbocycles. The number of pyridine rings is 1. The number of hydrogen-bond donors (Lipinski definition) is 1. The minimum atomic E-state index is 0.0717. The van der Waals surface area contributed by atoms with E-state index in [-0.39, 0.29) is 5.78 Å². The molecule has 0 atom stereocenters. The smallest absolute Gasteiger partial charge is 0.208 e. The summed E-state index contributed by atoms with van der Waals surface area (Å²) < 4.78 is 8.28. The number of ketones is 1. The molecule has 1 aliphatic rings. The van der Waals surface area contributed by atoms with E-state index in [1.807, 2.05) is 32.2 Å². The Morgan fingerprint density at radius 3 is 2.51 bits per heavy atom. The molecule has 0 spiro atoms. The van der Waals surface area contributed by atoms with Crippen LogP contribution in [0.2, 0.25) is 0 Å². The predicted octanol–water partition coefficient (Wildman–Crippen LogP) is 5.39. The van der Waals surface area contributed by atoms with Crippen molar-refractivity contribution in [1.82, 2.24) is 24.3 Å². The van der Waals surface area contributed by atoms with Crippen molar-refractivity contribution in [3.05, 3.63) is 71.0 Å². The van der Waals surface area contributed by atoms with Crippen LogP contribution in [0, 0.1) is 13.8 Å². The lowest BCUT2D eigenvalue weighted by Gasteiger charge is -2.34. The van der Waals surface area contributed by atoms with E-state index in [2.05, 4.69) is 56.7 Å². The van der Waals surface area contributed by atoms with E-state index in [1.165, 1.54) is 11.1 Å². The summed E-state index contributed by atoms with van der Waals surface area (Å²) in [6.45, 7) is 14.7. The Bertz CT molecular complexity index is 1490. The molecule has 1 saturated heterocycles. The molecule has 5 rings (SSSR count). The summed E-state index contributed by atoms with van der Waals surface area (Å²) in [5.74, 6) is 2.26. The summed E-state index contributed by atoms with van der Waals surface area (Å²) in [6.07, 6.45) is 1.97. The van der Waals surface area contributed by atoms with Gasteiger partial charge in [0.1, 0.15) is 17.3 Å². The Morgan fingerprint density at radius 1 is 1.03 bits per heavy atom. The molecule has 8 heteroatoms. The number of hydrogen-bond acceptors (Lipinski definition) is 7. The second-order valence-corrected chi connectivity index (χ2v) is 10.5. The molecule has 1 N–H and O–H groups in total. The van der Waals surface area contributed by atoms with Crippen molar-refractivity contribution < 1.29 is 9.53 Å². The molecule has 0 unspecified atom stereocenters. The number of rotatable bonds is 9. The van der Waals surface area contributed by atoms with Gasteiger partial charge < -0.3 is 19.5 Å². The maximum atomic E-state index is 11.5. The number of benzene rings is 2. The van der Waals surface area contributed by atoms with Crippen molar-refractivity contribution >= 4 is 28.5 Å². The summed E-state index contributed by atoms with van der Waals surface area (Å²) in [5, 5.41) is 3.52. The highest BCUT2D eigenvalue weighted by molar-refractivity contribution is 5.85. The zero-order valence-electron chi connectivity index (χ0n) is 23.6. The third-order valence-electron chi connectivity index (χ3n) is 7.59. The van der Waals surface area contributed by atoms with E-state index in [0.717, 1.165) is 73.3 Å². The number of aryl methyl sites for hydroxylation is 3. The standard InChI is InChI=1S/C31H38N6O2/c1-6-36-13-15-37(16-14-36)20-24-7-8-25(17-21(24)2)33-31-34-28-9-10-29(23(4)30(28)35(31)5)39-27-11-12-32-26(19-27)18-22(3)38/h7-12,17,19H,6,13-16,18,20H2,1-5H3,(H,33,34). The van der Waals surface area contributed by atoms with Crippen LogP contribution in [0.5, 0.6) is 11.5 Å². The van der Waals surface area contributed by atoms with Crippen LogP contribution in [0.25, 0.3) is 11.0 Å². The van der Waals surface area contributed by atoms with Crippen molar-refractivity contribution in [3.63, 3.8) is 0 Å². The van der Waals surface area contributed by atoms with Crippen molar-refractivity contribution in [2.75, 3.05) is 38.0 Å². The average Bonchev–Trinajstić information content (AvgIpc) is 3.23. The van der Waals surface area contributed by atoms with E-state index in [1.54, 1.807) is 19.2 Å². The van der Waals surface area contributed by atoms with Gasteiger partial charge >= 0.3 is 0 Å². The molecule has 1 aliphatic heterocycles. The van der Waals surface area contributed by atoms with Gasteiger partial charge in [-0.05, 0) is 68.8 Å². The molecule has 0 bridgehead atoms. The van der Waals surface area contributed by atoms with Gasteiger partial charge in [-0.3, -0.25) is 14.7 Å². The third kappa shape index (κ3) is 6.13. The molecule has 3 heterocycles. The van der Waals surface area contributed by atoms with Gasteiger partial charge in [0, 0.05) is 69.7 Å². The topological polar surface area (TPSA) is 75.5 Å². The summed E-state index contributed by atoms with van der Waals surface area (Å²) in [7, 11) is 2.02. The van der Waals surface area contributed by atoms with Crippen molar-refractivity contribution in [1.29, 1.82) is 0 Å². The Morgan fingerprint density at radius 2 is 1.79 bits per heavy atom. The number of Topliss-reactive ketones (excluding diaryl/α,β-unsaturated/α-hetero) is 1. The number of likely N-dealkylation sites (N-methyl/N-ethyl adjacent to an activating group) is 1. The number of imidazole rings is 1. The number of aromatic nitrogens is 3. The van der Waals surface area contributed by atoms with E-state index in [9.17, 15) is 4.79 Å².